The smallest absolute Gasteiger partial charge is 0.316 e. The van der Waals surface area contributed by atoms with Crippen LogP contribution in [0.15, 0.2) is 48.5 Å². The molecule has 2 aromatic rings. The Labute approximate surface area is 136 Å². The lowest BCUT2D eigenvalue weighted by Gasteiger charge is -2.28. The maximum absolute atomic E-state index is 12.5. The Morgan fingerprint density at radius 1 is 1.13 bits per heavy atom. The number of nitrogens with zero attached hydrogens (tertiary/aromatic N) is 1. The van der Waals surface area contributed by atoms with E-state index in [0.717, 1.165) is 35.2 Å². The lowest BCUT2D eigenvalue weighted by Crippen LogP contribution is -2.45. The molecule has 1 aliphatic heterocycles. The van der Waals surface area contributed by atoms with Crippen LogP contribution >= 0.6 is 0 Å². The number of anilines is 1. The Hall–Kier alpha value is -2.62. The molecule has 4 heteroatoms. The number of amides is 2. The lowest BCUT2D eigenvalue weighted by molar-refractivity contribution is -0.137. The fraction of sp³-hybridized carbons (Fsp3) is 0.263. The Kier molecular flexibility index (Phi) is 4.42. The maximum Gasteiger partial charge on any atom is 0.316 e. The second-order valence-electron chi connectivity index (χ2n) is 5.86. The zero-order chi connectivity index (χ0) is 16.2. The van der Waals surface area contributed by atoms with Crippen LogP contribution in [-0.2, 0) is 22.6 Å². The Morgan fingerprint density at radius 3 is 2.78 bits per heavy atom. The molecule has 1 aliphatic rings. The molecule has 0 atom stereocenters. The highest BCUT2D eigenvalue weighted by molar-refractivity contribution is 6.40. The van der Waals surface area contributed by atoms with Crippen molar-refractivity contribution in [1.29, 1.82) is 0 Å². The summed E-state index contributed by atoms with van der Waals surface area (Å²) in [7, 11) is 0. The Morgan fingerprint density at radius 2 is 1.96 bits per heavy atom. The minimum Gasteiger partial charge on any atom is -0.344 e. The van der Waals surface area contributed by atoms with Crippen molar-refractivity contribution in [3.05, 3.63) is 65.2 Å². The lowest BCUT2D eigenvalue weighted by atomic mass is 10.0. The molecule has 0 radical (unpaired) electrons. The summed E-state index contributed by atoms with van der Waals surface area (Å²) in [6.07, 6.45) is 1.83. The van der Waals surface area contributed by atoms with Crippen LogP contribution in [0.1, 0.15) is 23.1 Å². The molecule has 0 aliphatic carbocycles. The number of hydrogen-bond donors (Lipinski definition) is 1. The van der Waals surface area contributed by atoms with Gasteiger partial charge in [0, 0.05) is 18.8 Å². The predicted octanol–water partition coefficient (Wildman–Crippen LogP) is 2.59. The van der Waals surface area contributed by atoms with Crippen LogP contribution in [0.4, 0.5) is 5.69 Å². The van der Waals surface area contributed by atoms with Gasteiger partial charge in [0.1, 0.15) is 0 Å². The molecule has 1 heterocycles. The molecule has 0 bridgehead atoms. The largest absolute Gasteiger partial charge is 0.344 e. The summed E-state index contributed by atoms with van der Waals surface area (Å²) in [5, 5.41) is 2.72. The minimum atomic E-state index is -0.553. The third kappa shape index (κ3) is 3.42. The molecule has 118 valence electrons. The van der Waals surface area contributed by atoms with Crippen LogP contribution in [0.3, 0.4) is 0 Å². The molecule has 0 fully saturated rings. The molecule has 0 unspecified atom stereocenters. The van der Waals surface area contributed by atoms with E-state index in [1.54, 1.807) is 4.90 Å². The molecular formula is C19H20N2O2. The molecular weight excluding hydrogens is 288 g/mol. The van der Waals surface area contributed by atoms with Crippen molar-refractivity contribution in [2.24, 2.45) is 0 Å². The first-order valence-corrected chi connectivity index (χ1v) is 7.88. The molecule has 2 aromatic carbocycles. The number of hydrogen-bond acceptors (Lipinski definition) is 2. The van der Waals surface area contributed by atoms with E-state index in [9.17, 15) is 9.59 Å². The SMILES string of the molecule is Cc1cccc(CNC(=O)C(=O)N2CCCc3ccccc32)c1. The van der Waals surface area contributed by atoms with Crippen LogP contribution in [0.25, 0.3) is 0 Å². The van der Waals surface area contributed by atoms with E-state index < -0.39 is 11.8 Å². The monoisotopic (exact) mass is 308 g/mol. The molecule has 0 saturated heterocycles. The fourth-order valence-electron chi connectivity index (χ4n) is 2.95. The number of benzene rings is 2. The van der Waals surface area contributed by atoms with Crippen LogP contribution in [0.5, 0.6) is 0 Å². The second-order valence-corrected chi connectivity index (χ2v) is 5.86. The van der Waals surface area contributed by atoms with Gasteiger partial charge in [-0.05, 0) is 37.0 Å². The van der Waals surface area contributed by atoms with Gasteiger partial charge in [0.05, 0.1) is 0 Å². The number of para-hydroxylation sites is 1. The highest BCUT2D eigenvalue weighted by Crippen LogP contribution is 2.26. The zero-order valence-electron chi connectivity index (χ0n) is 13.2. The van der Waals surface area contributed by atoms with Crippen molar-refractivity contribution in [3.8, 4) is 0 Å². The van der Waals surface area contributed by atoms with Crippen LogP contribution in [-0.4, -0.2) is 18.4 Å². The predicted molar refractivity (Wildman–Crippen MR) is 90.1 cm³/mol. The molecule has 23 heavy (non-hydrogen) atoms. The number of carbonyl (C=O) groups is 2. The summed E-state index contributed by atoms with van der Waals surface area (Å²) in [4.78, 5) is 26.3. The van der Waals surface area contributed by atoms with Crippen molar-refractivity contribution < 1.29 is 9.59 Å². The third-order valence-corrected chi connectivity index (χ3v) is 4.09. The van der Waals surface area contributed by atoms with Crippen molar-refractivity contribution in [2.45, 2.75) is 26.3 Å². The molecule has 3 rings (SSSR count). The quantitative estimate of drug-likeness (QED) is 0.867. The second kappa shape index (κ2) is 6.65. The highest BCUT2D eigenvalue weighted by Gasteiger charge is 2.26. The van der Waals surface area contributed by atoms with Gasteiger partial charge in [-0.25, -0.2) is 0 Å². The molecule has 4 nitrogen and oxygen atoms in total. The highest BCUT2D eigenvalue weighted by atomic mass is 16.2. The van der Waals surface area contributed by atoms with E-state index in [1.165, 1.54) is 0 Å². The summed E-state index contributed by atoms with van der Waals surface area (Å²) >= 11 is 0. The van der Waals surface area contributed by atoms with Crippen molar-refractivity contribution in [1.82, 2.24) is 5.32 Å². The van der Waals surface area contributed by atoms with Crippen molar-refractivity contribution in [3.63, 3.8) is 0 Å². The summed E-state index contributed by atoms with van der Waals surface area (Å²) < 4.78 is 0. The fourth-order valence-corrected chi connectivity index (χ4v) is 2.95. The average Bonchev–Trinajstić information content (AvgIpc) is 2.58. The van der Waals surface area contributed by atoms with E-state index in [4.69, 9.17) is 0 Å². The van der Waals surface area contributed by atoms with Crippen molar-refractivity contribution >= 4 is 17.5 Å². The van der Waals surface area contributed by atoms with Gasteiger partial charge in [-0.3, -0.25) is 9.59 Å². The van der Waals surface area contributed by atoms with Gasteiger partial charge in [0.15, 0.2) is 0 Å². The molecule has 0 saturated carbocycles. The number of nitrogens with one attached hydrogen (secondary N) is 1. The number of fused-ring (bicyclic) bond motifs is 1. The number of carbonyl (C=O) groups excluding carboxylic acids is 2. The van der Waals surface area contributed by atoms with Gasteiger partial charge in [0.25, 0.3) is 0 Å². The first-order valence-electron chi connectivity index (χ1n) is 7.88. The van der Waals surface area contributed by atoms with Crippen LogP contribution in [0.2, 0.25) is 0 Å². The molecule has 1 N–H and O–H groups in total. The van der Waals surface area contributed by atoms with Gasteiger partial charge in [0.2, 0.25) is 0 Å². The Balaban J connectivity index is 1.68. The zero-order valence-corrected chi connectivity index (χ0v) is 13.2. The van der Waals surface area contributed by atoms with Gasteiger partial charge in [-0.15, -0.1) is 0 Å². The maximum atomic E-state index is 12.5. The summed E-state index contributed by atoms with van der Waals surface area (Å²) in [6.45, 7) is 2.95. The third-order valence-electron chi connectivity index (χ3n) is 4.09. The van der Waals surface area contributed by atoms with Crippen molar-refractivity contribution in [2.75, 3.05) is 11.4 Å². The number of rotatable bonds is 2. The van der Waals surface area contributed by atoms with Gasteiger partial charge in [-0.2, -0.15) is 0 Å². The van der Waals surface area contributed by atoms with E-state index in [-0.39, 0.29) is 0 Å². The van der Waals surface area contributed by atoms with E-state index >= 15 is 0 Å². The molecule has 0 aromatic heterocycles. The van der Waals surface area contributed by atoms with E-state index in [2.05, 4.69) is 5.32 Å². The average molecular weight is 308 g/mol. The minimum absolute atomic E-state index is 0.363. The standard InChI is InChI=1S/C19H20N2O2/c1-14-6-4-7-15(12-14)13-20-18(22)19(23)21-11-5-9-16-8-2-3-10-17(16)21/h2-4,6-8,10,12H,5,9,11,13H2,1H3,(H,20,22). The first-order chi connectivity index (χ1) is 11.1. The Bertz CT molecular complexity index is 740. The van der Waals surface area contributed by atoms with Gasteiger partial charge < -0.3 is 10.2 Å². The first kappa shape index (κ1) is 15.3. The topological polar surface area (TPSA) is 49.4 Å². The molecule has 0 spiro atoms. The summed E-state index contributed by atoms with van der Waals surface area (Å²) in [5.74, 6) is -1.03. The van der Waals surface area contributed by atoms with Gasteiger partial charge in [-0.1, -0.05) is 48.0 Å². The van der Waals surface area contributed by atoms with Crippen LogP contribution < -0.4 is 10.2 Å². The van der Waals surface area contributed by atoms with E-state index in [1.807, 2.05) is 55.5 Å². The number of aryl methyl sites for hydroxylation is 2. The normalized spacial score (nSPS) is 13.3. The summed E-state index contributed by atoms with van der Waals surface area (Å²) in [5.41, 5.74) is 4.10. The van der Waals surface area contributed by atoms with E-state index in [0.29, 0.717) is 13.1 Å². The van der Waals surface area contributed by atoms with Gasteiger partial charge >= 0.3 is 11.8 Å². The molecule has 2 amide bonds. The summed E-state index contributed by atoms with van der Waals surface area (Å²) in [6, 6.07) is 15.7. The van der Waals surface area contributed by atoms with Crippen LogP contribution in [0, 0.1) is 6.92 Å².